The normalized spacial score (nSPS) is 12.4. The highest BCUT2D eigenvalue weighted by molar-refractivity contribution is 6.30. The summed E-state index contributed by atoms with van der Waals surface area (Å²) in [6, 6.07) is 12.3. The molecule has 0 saturated carbocycles. The first-order valence-corrected chi connectivity index (χ1v) is 6.53. The van der Waals surface area contributed by atoms with Crippen LogP contribution < -0.4 is 0 Å². The molecule has 0 radical (unpaired) electrons. The van der Waals surface area contributed by atoms with Crippen LogP contribution in [0.1, 0.15) is 22.1 Å². The topological polar surface area (TPSA) is 0 Å². The maximum Gasteiger partial charge on any atom is 0.126 e. The van der Waals surface area contributed by atoms with E-state index < -0.39 is 0 Å². The molecule has 2 rings (SSSR count). The molecule has 0 spiro atoms. The number of benzene rings is 2. The molecule has 0 aliphatic rings. The van der Waals surface area contributed by atoms with Gasteiger partial charge in [-0.05, 0) is 48.2 Å². The second-order valence-electron chi connectivity index (χ2n) is 4.26. The van der Waals surface area contributed by atoms with E-state index in [4.69, 9.17) is 23.2 Å². The first-order chi connectivity index (χ1) is 8.58. The van der Waals surface area contributed by atoms with E-state index in [1.54, 1.807) is 18.2 Å². The Bertz CT molecular complexity index is 552. The van der Waals surface area contributed by atoms with E-state index in [9.17, 15) is 4.39 Å². The van der Waals surface area contributed by atoms with Gasteiger partial charge in [-0.15, -0.1) is 11.6 Å². The van der Waals surface area contributed by atoms with Crippen LogP contribution in [-0.2, 0) is 6.42 Å². The van der Waals surface area contributed by atoms with Gasteiger partial charge in [0.2, 0.25) is 0 Å². The molecule has 1 atom stereocenters. The van der Waals surface area contributed by atoms with Crippen molar-refractivity contribution >= 4 is 23.2 Å². The fraction of sp³-hybridized carbons (Fsp3) is 0.200. The molecule has 1 unspecified atom stereocenters. The number of aryl methyl sites for hydroxylation is 1. The molecule has 0 aliphatic carbocycles. The van der Waals surface area contributed by atoms with Gasteiger partial charge < -0.3 is 0 Å². The van der Waals surface area contributed by atoms with Crippen molar-refractivity contribution in [1.29, 1.82) is 0 Å². The van der Waals surface area contributed by atoms with Crippen LogP contribution in [0.4, 0.5) is 4.39 Å². The second kappa shape index (κ2) is 5.73. The highest BCUT2D eigenvalue weighted by Gasteiger charge is 2.13. The van der Waals surface area contributed by atoms with E-state index in [0.29, 0.717) is 17.0 Å². The average molecular weight is 283 g/mol. The van der Waals surface area contributed by atoms with Gasteiger partial charge in [-0.25, -0.2) is 4.39 Å². The molecule has 0 nitrogen and oxygen atoms in total. The number of halogens is 3. The third-order valence-corrected chi connectivity index (χ3v) is 3.55. The van der Waals surface area contributed by atoms with Gasteiger partial charge in [0.15, 0.2) is 0 Å². The van der Waals surface area contributed by atoms with Crippen LogP contribution in [0.5, 0.6) is 0 Å². The zero-order valence-electron chi connectivity index (χ0n) is 9.96. The van der Waals surface area contributed by atoms with Crippen molar-refractivity contribution in [3.63, 3.8) is 0 Å². The molecule has 0 amide bonds. The Hall–Kier alpha value is -1.05. The fourth-order valence-electron chi connectivity index (χ4n) is 1.96. The summed E-state index contributed by atoms with van der Waals surface area (Å²) < 4.78 is 13.6. The zero-order chi connectivity index (χ0) is 13.1. The second-order valence-corrected chi connectivity index (χ2v) is 5.23. The monoisotopic (exact) mass is 282 g/mol. The number of hydrogen-bond acceptors (Lipinski definition) is 0. The van der Waals surface area contributed by atoms with E-state index in [1.165, 1.54) is 6.07 Å². The lowest BCUT2D eigenvalue weighted by atomic mass is 10.00. The van der Waals surface area contributed by atoms with Gasteiger partial charge in [0.1, 0.15) is 5.82 Å². The lowest BCUT2D eigenvalue weighted by Gasteiger charge is -2.13. The largest absolute Gasteiger partial charge is 0.207 e. The molecule has 0 bridgehead atoms. The van der Waals surface area contributed by atoms with E-state index >= 15 is 0 Å². The van der Waals surface area contributed by atoms with Gasteiger partial charge in [-0.1, -0.05) is 35.9 Å². The average Bonchev–Trinajstić information content (AvgIpc) is 2.32. The zero-order valence-corrected chi connectivity index (χ0v) is 11.5. The van der Waals surface area contributed by atoms with Crippen molar-refractivity contribution < 1.29 is 4.39 Å². The Kier molecular flexibility index (Phi) is 4.26. The lowest BCUT2D eigenvalue weighted by Crippen LogP contribution is -2.00. The number of alkyl halides is 1. The summed E-state index contributed by atoms with van der Waals surface area (Å²) in [5.41, 5.74) is 2.65. The smallest absolute Gasteiger partial charge is 0.126 e. The van der Waals surface area contributed by atoms with Crippen molar-refractivity contribution in [2.24, 2.45) is 0 Å². The first-order valence-electron chi connectivity index (χ1n) is 5.71. The van der Waals surface area contributed by atoms with Crippen LogP contribution in [-0.4, -0.2) is 0 Å². The van der Waals surface area contributed by atoms with Crippen LogP contribution in [0.25, 0.3) is 0 Å². The van der Waals surface area contributed by atoms with Gasteiger partial charge in [0.05, 0.1) is 5.38 Å². The van der Waals surface area contributed by atoms with Gasteiger partial charge in [0, 0.05) is 5.02 Å². The summed E-state index contributed by atoms with van der Waals surface area (Å²) in [5, 5.41) is 0.435. The Morgan fingerprint density at radius 1 is 1.17 bits per heavy atom. The molecule has 0 aliphatic heterocycles. The summed E-state index contributed by atoms with van der Waals surface area (Å²) in [6.45, 7) is 1.96. The highest BCUT2D eigenvalue weighted by atomic mass is 35.5. The van der Waals surface area contributed by atoms with Crippen LogP contribution >= 0.6 is 23.2 Å². The minimum Gasteiger partial charge on any atom is -0.207 e. The summed E-state index contributed by atoms with van der Waals surface area (Å²) >= 11 is 12.3. The Morgan fingerprint density at radius 2 is 1.89 bits per heavy atom. The predicted octanol–water partition coefficient (Wildman–Crippen LogP) is 5.31. The van der Waals surface area contributed by atoms with E-state index in [0.717, 1.165) is 11.1 Å². The Labute approximate surface area is 116 Å². The quantitative estimate of drug-likeness (QED) is 0.669. The summed E-state index contributed by atoms with van der Waals surface area (Å²) in [5.74, 6) is -0.213. The summed E-state index contributed by atoms with van der Waals surface area (Å²) in [4.78, 5) is 0. The van der Waals surface area contributed by atoms with Gasteiger partial charge in [-0.3, -0.25) is 0 Å². The molecular formula is C15H13Cl2F. The minimum atomic E-state index is -0.251. The standard InChI is InChI=1S/C15H13Cl2F/c1-10-8-12(16)6-7-13(10)14(17)9-11-4-2-3-5-15(11)18/h2-8,14H,9H2,1H3. The minimum absolute atomic E-state index is 0.213. The molecular weight excluding hydrogens is 270 g/mol. The number of hydrogen-bond donors (Lipinski definition) is 0. The molecule has 94 valence electrons. The maximum absolute atomic E-state index is 13.6. The molecule has 0 fully saturated rings. The fourth-order valence-corrected chi connectivity index (χ4v) is 2.60. The van der Waals surface area contributed by atoms with Crippen molar-refractivity contribution in [3.05, 3.63) is 70.0 Å². The van der Waals surface area contributed by atoms with Crippen LogP contribution in [0.3, 0.4) is 0 Å². The molecule has 0 N–H and O–H groups in total. The highest BCUT2D eigenvalue weighted by Crippen LogP contribution is 2.29. The summed E-state index contributed by atoms with van der Waals surface area (Å²) in [7, 11) is 0. The molecule has 0 saturated heterocycles. The molecule has 2 aromatic rings. The van der Waals surface area contributed by atoms with Crippen LogP contribution in [0, 0.1) is 12.7 Å². The van der Waals surface area contributed by atoms with E-state index in [-0.39, 0.29) is 11.2 Å². The van der Waals surface area contributed by atoms with Crippen molar-refractivity contribution in [1.82, 2.24) is 0 Å². The first kappa shape index (κ1) is 13.4. The molecule has 2 aromatic carbocycles. The molecule has 0 heterocycles. The maximum atomic E-state index is 13.6. The summed E-state index contributed by atoms with van der Waals surface area (Å²) in [6.07, 6.45) is 0.469. The molecule has 0 aromatic heterocycles. The van der Waals surface area contributed by atoms with Gasteiger partial charge in [-0.2, -0.15) is 0 Å². The predicted molar refractivity (Wildman–Crippen MR) is 74.9 cm³/mol. The van der Waals surface area contributed by atoms with Crippen molar-refractivity contribution in [2.45, 2.75) is 18.7 Å². The van der Waals surface area contributed by atoms with E-state index in [1.807, 2.05) is 25.1 Å². The Morgan fingerprint density at radius 3 is 2.56 bits per heavy atom. The van der Waals surface area contributed by atoms with Crippen molar-refractivity contribution in [3.8, 4) is 0 Å². The SMILES string of the molecule is Cc1cc(Cl)ccc1C(Cl)Cc1ccccc1F. The Balaban J connectivity index is 2.22. The van der Waals surface area contributed by atoms with Gasteiger partial charge >= 0.3 is 0 Å². The van der Waals surface area contributed by atoms with Crippen LogP contribution in [0.2, 0.25) is 5.02 Å². The van der Waals surface area contributed by atoms with Gasteiger partial charge in [0.25, 0.3) is 0 Å². The van der Waals surface area contributed by atoms with Crippen molar-refractivity contribution in [2.75, 3.05) is 0 Å². The lowest BCUT2D eigenvalue weighted by molar-refractivity contribution is 0.607. The third kappa shape index (κ3) is 3.04. The van der Waals surface area contributed by atoms with Crippen LogP contribution in [0.15, 0.2) is 42.5 Å². The van der Waals surface area contributed by atoms with E-state index in [2.05, 4.69) is 0 Å². The number of rotatable bonds is 3. The molecule has 3 heteroatoms. The molecule has 18 heavy (non-hydrogen) atoms. The third-order valence-electron chi connectivity index (χ3n) is 2.93.